The minimum Gasteiger partial charge on any atom is -0.379 e. The van der Waals surface area contributed by atoms with Gasteiger partial charge in [-0.25, -0.2) is 9.97 Å². The lowest BCUT2D eigenvalue weighted by molar-refractivity contribution is 0.0705. The highest BCUT2D eigenvalue weighted by Crippen LogP contribution is 2.14. The second-order valence-electron chi connectivity index (χ2n) is 4.19. The number of carbonyl (C=O) groups excluding carboxylic acids is 1. The maximum atomic E-state index is 12.2. The van der Waals surface area contributed by atoms with Gasteiger partial charge in [0.2, 0.25) is 5.95 Å². The molecule has 17 heavy (non-hydrogen) atoms. The lowest BCUT2D eigenvalue weighted by Gasteiger charge is -2.22. The van der Waals surface area contributed by atoms with Gasteiger partial charge in [0, 0.05) is 19.3 Å². The van der Waals surface area contributed by atoms with E-state index in [1.165, 1.54) is 0 Å². The molecule has 6 heteroatoms. The summed E-state index contributed by atoms with van der Waals surface area (Å²) in [6.07, 6.45) is 0.863. The molecule has 1 aromatic heterocycles. The van der Waals surface area contributed by atoms with E-state index in [-0.39, 0.29) is 17.9 Å². The smallest absolute Gasteiger partial charge is 0.272 e. The molecule has 1 atom stereocenters. The number of nitrogen functional groups attached to an aromatic ring is 1. The number of hydrogen-bond donors (Lipinski definition) is 1. The predicted octanol–water partition coefficient (Wildman–Crippen LogP) is 0.228. The molecule has 92 valence electrons. The van der Waals surface area contributed by atoms with Crippen LogP contribution in [-0.2, 0) is 4.74 Å². The first-order valence-corrected chi connectivity index (χ1v) is 5.54. The number of carbonyl (C=O) groups is 1. The number of nitrogens with two attached hydrogens (primary N) is 1. The normalized spacial score (nSPS) is 19.3. The number of aromatic nitrogens is 2. The molecule has 1 aromatic rings. The van der Waals surface area contributed by atoms with Gasteiger partial charge in [0.15, 0.2) is 0 Å². The lowest BCUT2D eigenvalue weighted by atomic mass is 10.2. The Labute approximate surface area is 99.8 Å². The summed E-state index contributed by atoms with van der Waals surface area (Å²) < 4.78 is 5.26. The van der Waals surface area contributed by atoms with Gasteiger partial charge in [-0.2, -0.15) is 0 Å². The van der Waals surface area contributed by atoms with Crippen molar-refractivity contribution < 1.29 is 9.53 Å². The molecular formula is C11H16N4O2. The number of amides is 1. The predicted molar refractivity (Wildman–Crippen MR) is 62.5 cm³/mol. The summed E-state index contributed by atoms with van der Waals surface area (Å²) in [4.78, 5) is 21.7. The zero-order valence-electron chi connectivity index (χ0n) is 10.0. The fraction of sp³-hybridized carbons (Fsp3) is 0.545. The zero-order chi connectivity index (χ0) is 12.4. The van der Waals surface area contributed by atoms with E-state index in [1.807, 2.05) is 0 Å². The van der Waals surface area contributed by atoms with Gasteiger partial charge >= 0.3 is 0 Å². The largest absolute Gasteiger partial charge is 0.379 e. The quantitative estimate of drug-likeness (QED) is 0.794. The van der Waals surface area contributed by atoms with E-state index in [9.17, 15) is 4.79 Å². The van der Waals surface area contributed by atoms with Crippen molar-refractivity contribution in [2.75, 3.05) is 26.0 Å². The van der Waals surface area contributed by atoms with Gasteiger partial charge in [-0.3, -0.25) is 4.79 Å². The number of aryl methyl sites for hydroxylation is 1. The minimum absolute atomic E-state index is 0.124. The van der Waals surface area contributed by atoms with Gasteiger partial charge in [-0.05, 0) is 19.4 Å². The molecule has 2 rings (SSSR count). The van der Waals surface area contributed by atoms with Gasteiger partial charge in [0.1, 0.15) is 5.69 Å². The standard InChI is InChI=1S/C11H16N4O2/c1-7-5-9(14-11(12)13-7)10(16)15(2)8-3-4-17-6-8/h5,8H,3-4,6H2,1-2H3,(H2,12,13,14). The number of nitrogens with zero attached hydrogens (tertiary/aromatic N) is 3. The lowest BCUT2D eigenvalue weighted by Crippen LogP contribution is -2.37. The molecule has 2 N–H and O–H groups in total. The molecule has 0 saturated carbocycles. The van der Waals surface area contributed by atoms with E-state index in [0.29, 0.717) is 24.6 Å². The topological polar surface area (TPSA) is 81.3 Å². The van der Waals surface area contributed by atoms with Crippen LogP contribution in [0, 0.1) is 6.92 Å². The Morgan fingerprint density at radius 3 is 2.94 bits per heavy atom. The molecule has 0 spiro atoms. The number of rotatable bonds is 2. The Bertz CT molecular complexity index is 409. The number of ether oxygens (including phenoxy) is 1. The van der Waals surface area contributed by atoms with Crippen molar-refractivity contribution in [3.05, 3.63) is 17.5 Å². The summed E-state index contributed by atoms with van der Waals surface area (Å²) in [7, 11) is 1.76. The Hall–Kier alpha value is -1.69. The minimum atomic E-state index is -0.141. The summed E-state index contributed by atoms with van der Waals surface area (Å²) in [5.41, 5.74) is 6.56. The van der Waals surface area contributed by atoms with Gasteiger partial charge in [0.05, 0.1) is 12.6 Å². The molecule has 2 heterocycles. The van der Waals surface area contributed by atoms with Crippen molar-refractivity contribution in [1.82, 2.24) is 14.9 Å². The molecule has 0 aliphatic carbocycles. The van der Waals surface area contributed by atoms with Crippen molar-refractivity contribution in [3.8, 4) is 0 Å². The van der Waals surface area contributed by atoms with Crippen LogP contribution in [0.4, 0.5) is 5.95 Å². The van der Waals surface area contributed by atoms with Crippen molar-refractivity contribution in [1.29, 1.82) is 0 Å². The molecule has 0 aromatic carbocycles. The molecule has 0 radical (unpaired) electrons. The summed E-state index contributed by atoms with van der Waals surface area (Å²) in [6.45, 7) is 3.07. The fourth-order valence-electron chi connectivity index (χ4n) is 1.88. The Kier molecular flexibility index (Phi) is 3.23. The number of likely N-dealkylation sites (N-methyl/N-ethyl adjacent to an activating group) is 1. The van der Waals surface area contributed by atoms with Crippen LogP contribution in [0.2, 0.25) is 0 Å². The van der Waals surface area contributed by atoms with E-state index >= 15 is 0 Å². The van der Waals surface area contributed by atoms with Crippen molar-refractivity contribution >= 4 is 11.9 Å². The van der Waals surface area contributed by atoms with Crippen LogP contribution in [0.3, 0.4) is 0 Å². The van der Waals surface area contributed by atoms with Gasteiger partial charge < -0.3 is 15.4 Å². The average molecular weight is 236 g/mol. The third-order valence-electron chi connectivity index (χ3n) is 2.86. The first-order chi connectivity index (χ1) is 8.08. The third kappa shape index (κ3) is 2.52. The highest BCUT2D eigenvalue weighted by molar-refractivity contribution is 5.92. The van der Waals surface area contributed by atoms with Crippen LogP contribution in [-0.4, -0.2) is 47.1 Å². The van der Waals surface area contributed by atoms with Crippen LogP contribution in [0.1, 0.15) is 22.6 Å². The molecule has 0 bridgehead atoms. The van der Waals surface area contributed by atoms with Crippen LogP contribution in [0.25, 0.3) is 0 Å². The summed E-state index contributed by atoms with van der Waals surface area (Å²) in [5, 5.41) is 0. The molecule has 1 aliphatic rings. The Morgan fingerprint density at radius 1 is 1.59 bits per heavy atom. The monoisotopic (exact) mass is 236 g/mol. The average Bonchev–Trinajstić information content (AvgIpc) is 2.79. The van der Waals surface area contributed by atoms with E-state index < -0.39 is 0 Å². The van der Waals surface area contributed by atoms with E-state index in [2.05, 4.69) is 9.97 Å². The second kappa shape index (κ2) is 4.67. The maximum Gasteiger partial charge on any atom is 0.272 e. The van der Waals surface area contributed by atoms with Crippen molar-refractivity contribution in [3.63, 3.8) is 0 Å². The van der Waals surface area contributed by atoms with Crippen molar-refractivity contribution in [2.24, 2.45) is 0 Å². The Balaban J connectivity index is 2.17. The first kappa shape index (κ1) is 11.8. The zero-order valence-corrected chi connectivity index (χ0v) is 10.0. The highest BCUT2D eigenvalue weighted by atomic mass is 16.5. The number of hydrogen-bond acceptors (Lipinski definition) is 5. The van der Waals surface area contributed by atoms with E-state index in [1.54, 1.807) is 24.9 Å². The van der Waals surface area contributed by atoms with Crippen LogP contribution < -0.4 is 5.73 Å². The molecule has 6 nitrogen and oxygen atoms in total. The van der Waals surface area contributed by atoms with Crippen LogP contribution >= 0.6 is 0 Å². The number of anilines is 1. The summed E-state index contributed by atoms with van der Waals surface area (Å²) >= 11 is 0. The van der Waals surface area contributed by atoms with Crippen LogP contribution in [0.15, 0.2) is 6.07 Å². The van der Waals surface area contributed by atoms with Gasteiger partial charge in [-0.15, -0.1) is 0 Å². The molecule has 1 fully saturated rings. The third-order valence-corrected chi connectivity index (χ3v) is 2.86. The second-order valence-corrected chi connectivity index (χ2v) is 4.19. The molecule has 1 amide bonds. The molecule has 1 saturated heterocycles. The Morgan fingerprint density at radius 2 is 2.35 bits per heavy atom. The van der Waals surface area contributed by atoms with Gasteiger partial charge in [0.25, 0.3) is 5.91 Å². The van der Waals surface area contributed by atoms with Crippen molar-refractivity contribution in [2.45, 2.75) is 19.4 Å². The molecular weight excluding hydrogens is 220 g/mol. The maximum absolute atomic E-state index is 12.2. The van der Waals surface area contributed by atoms with Crippen LogP contribution in [0.5, 0.6) is 0 Å². The molecule has 1 unspecified atom stereocenters. The highest BCUT2D eigenvalue weighted by Gasteiger charge is 2.25. The van der Waals surface area contributed by atoms with E-state index in [4.69, 9.17) is 10.5 Å². The van der Waals surface area contributed by atoms with E-state index in [0.717, 1.165) is 6.42 Å². The fourth-order valence-corrected chi connectivity index (χ4v) is 1.88. The summed E-state index contributed by atoms with van der Waals surface area (Å²) in [5.74, 6) is -0.0119. The summed E-state index contributed by atoms with van der Waals surface area (Å²) in [6, 6.07) is 1.77. The van der Waals surface area contributed by atoms with Gasteiger partial charge in [-0.1, -0.05) is 0 Å². The SMILES string of the molecule is Cc1cc(C(=O)N(C)C2CCOC2)nc(N)n1. The molecule has 1 aliphatic heterocycles. The first-order valence-electron chi connectivity index (χ1n) is 5.54.